The summed E-state index contributed by atoms with van der Waals surface area (Å²) in [5, 5.41) is 38.0. The van der Waals surface area contributed by atoms with E-state index in [0.717, 1.165) is 18.2 Å². The molecule has 23 nitrogen and oxygen atoms in total. The topological polar surface area (TPSA) is 364 Å². The van der Waals surface area contributed by atoms with Gasteiger partial charge in [-0.05, 0) is 84.2 Å². The number of azo groups is 1. The van der Waals surface area contributed by atoms with Crippen LogP contribution in [0.3, 0.4) is 0 Å². The van der Waals surface area contributed by atoms with Crippen LogP contribution in [-0.4, -0.2) is 56.1 Å². The van der Waals surface area contributed by atoms with Gasteiger partial charge in [0, 0.05) is 23.9 Å². The van der Waals surface area contributed by atoms with Gasteiger partial charge in [0.25, 0.3) is 5.69 Å². The largest absolute Gasteiger partial charge is 1.00 e. The van der Waals surface area contributed by atoms with Crippen LogP contribution in [0.4, 0.5) is 39.8 Å². The van der Waals surface area contributed by atoms with Crippen molar-refractivity contribution in [2.75, 3.05) is 23.3 Å². The summed E-state index contributed by atoms with van der Waals surface area (Å²) in [6.45, 7) is 0. The SMILES string of the molecule is COc1ccc(NN=c2c(=O)c(N=Nc3cc(S(=O)(=O)[O-])cc4cc(S(=O)(=O)[O-])cc(O)c34)cc(=NNc3ccc(Nc4ccc([N+](=O)[O-])cc4S(=O)(=O)[O-])cc3)c2=O)cc1.[Na+].[Na+].[Na+]. The molecule has 0 amide bonds. The van der Waals surface area contributed by atoms with Gasteiger partial charge in [-0.3, -0.25) is 30.6 Å². The van der Waals surface area contributed by atoms with Crippen molar-refractivity contribution < 1.29 is 142 Å². The maximum atomic E-state index is 13.6. The van der Waals surface area contributed by atoms with E-state index in [0.29, 0.717) is 41.8 Å². The number of fused-ring (bicyclic) bond motifs is 1. The number of nitrogens with one attached hydrogen (secondary N) is 3. The molecule has 0 saturated carbocycles. The molecule has 29 heteroatoms. The molecule has 314 valence electrons. The fraction of sp³-hybridized carbons (Fsp3) is 0.0286. The number of hydrogen-bond donors (Lipinski definition) is 4. The number of anilines is 4. The van der Waals surface area contributed by atoms with E-state index in [1.54, 1.807) is 12.1 Å². The number of aromatic hydroxyl groups is 1. The second kappa shape index (κ2) is 21.7. The van der Waals surface area contributed by atoms with Crippen LogP contribution in [0.2, 0.25) is 0 Å². The first kappa shape index (κ1) is 53.8. The van der Waals surface area contributed by atoms with E-state index < -0.39 is 99.7 Å². The normalized spacial score (nSPS) is 12.2. The Morgan fingerprint density at radius 3 is 1.72 bits per heavy atom. The van der Waals surface area contributed by atoms with Gasteiger partial charge in [-0.15, -0.1) is 10.2 Å². The number of benzene rings is 6. The van der Waals surface area contributed by atoms with Crippen molar-refractivity contribution in [2.24, 2.45) is 20.4 Å². The smallest absolute Gasteiger partial charge is 0.744 e. The third-order valence-electron chi connectivity index (χ3n) is 8.27. The van der Waals surface area contributed by atoms with Crippen LogP contribution in [-0.2, 0) is 30.4 Å². The second-order valence-corrected chi connectivity index (χ2v) is 16.4. The van der Waals surface area contributed by atoms with E-state index in [1.165, 1.54) is 43.5 Å². The number of non-ortho nitro benzene ring substituents is 1. The van der Waals surface area contributed by atoms with Crippen molar-refractivity contribution >= 4 is 80.9 Å². The van der Waals surface area contributed by atoms with E-state index in [9.17, 15) is 63.7 Å². The summed E-state index contributed by atoms with van der Waals surface area (Å²) < 4.78 is 112. The van der Waals surface area contributed by atoms with Crippen molar-refractivity contribution in [1.82, 2.24) is 0 Å². The molecule has 0 bridgehead atoms. The Hall–Kier alpha value is -4.49. The summed E-state index contributed by atoms with van der Waals surface area (Å²) in [5.41, 5.74) is 1.49. The molecular weight excluding hydrogens is 938 g/mol. The predicted molar refractivity (Wildman–Crippen MR) is 209 cm³/mol. The molecule has 0 aliphatic carbocycles. The first-order valence-corrected chi connectivity index (χ1v) is 20.7. The molecule has 0 aliphatic rings. The van der Waals surface area contributed by atoms with Crippen LogP contribution in [0.15, 0.2) is 142 Å². The van der Waals surface area contributed by atoms with Crippen molar-refractivity contribution in [1.29, 1.82) is 0 Å². The van der Waals surface area contributed by atoms with E-state index in [1.807, 2.05) is 0 Å². The van der Waals surface area contributed by atoms with Gasteiger partial charge in [0.05, 0.1) is 54.9 Å². The van der Waals surface area contributed by atoms with E-state index in [4.69, 9.17) is 4.74 Å². The standard InChI is InChI=1S/C35H26N8O15S3.3Na/c1-58-23-9-6-21(7-10-23)38-42-33-34(45)28(40-37-20-4-2-19(3-5-20)36-26-11-8-22(43(47)48)14-31(26)61(55,56)57)17-29(35(33)46)41-39-27-15-24(59(49,50)51)12-18-13-25(60(52,53)54)16-30(44)32(18)27;;;/h2-17,36-38,44H,1H3,(H,49,50,51)(H,52,53,54)(H,55,56,57);;;/q;3*+1/p-3. The fourth-order valence-corrected chi connectivity index (χ4v) is 7.09. The number of nitrogens with zero attached hydrogens (tertiary/aromatic N) is 5. The van der Waals surface area contributed by atoms with Crippen LogP contribution in [0.5, 0.6) is 11.5 Å². The summed E-state index contributed by atoms with van der Waals surface area (Å²) in [5.74, 6) is -0.417. The first-order chi connectivity index (χ1) is 28.6. The van der Waals surface area contributed by atoms with Crippen molar-refractivity contribution in [3.63, 3.8) is 0 Å². The van der Waals surface area contributed by atoms with Gasteiger partial charge in [-0.2, -0.15) is 10.2 Å². The quantitative estimate of drug-likeness (QED) is 0.0275. The van der Waals surface area contributed by atoms with Gasteiger partial charge >= 0.3 is 88.7 Å². The van der Waals surface area contributed by atoms with Crippen LogP contribution in [0, 0.1) is 10.1 Å². The Balaban J connectivity index is 0.00000363. The van der Waals surface area contributed by atoms with Gasteiger partial charge in [-0.1, -0.05) is 0 Å². The van der Waals surface area contributed by atoms with Crippen LogP contribution in [0.1, 0.15) is 0 Å². The monoisotopic (exact) mass is 960 g/mol. The number of phenolic OH excluding ortho intramolecular Hbond substituents is 1. The van der Waals surface area contributed by atoms with E-state index >= 15 is 0 Å². The van der Waals surface area contributed by atoms with Crippen molar-refractivity contribution in [3.8, 4) is 11.5 Å². The van der Waals surface area contributed by atoms with Gasteiger partial charge in [0.2, 0.25) is 10.9 Å². The molecule has 0 spiro atoms. The zero-order chi connectivity index (χ0) is 44.4. The minimum atomic E-state index is -5.27. The van der Waals surface area contributed by atoms with Gasteiger partial charge < -0.3 is 28.8 Å². The minimum absolute atomic E-state index is 0. The fourth-order valence-electron chi connectivity index (χ4n) is 5.39. The molecule has 6 rings (SSSR count). The maximum Gasteiger partial charge on any atom is 1.00 e. The molecule has 0 heterocycles. The Morgan fingerprint density at radius 1 is 0.641 bits per heavy atom. The van der Waals surface area contributed by atoms with Crippen LogP contribution >= 0.6 is 0 Å². The molecule has 6 aromatic rings. The zero-order valence-corrected chi connectivity index (χ0v) is 41.8. The number of phenols is 1. The summed E-state index contributed by atoms with van der Waals surface area (Å²) in [7, 11) is -14.2. The summed E-state index contributed by atoms with van der Waals surface area (Å²) in [4.78, 5) is 34.6. The molecule has 0 atom stereocenters. The number of nitro groups is 1. The van der Waals surface area contributed by atoms with Crippen LogP contribution in [0.25, 0.3) is 10.8 Å². The molecule has 0 aliphatic heterocycles. The molecule has 6 aromatic carbocycles. The molecule has 4 N–H and O–H groups in total. The Labute approximate surface area is 427 Å². The van der Waals surface area contributed by atoms with Gasteiger partial charge in [-0.25, -0.2) is 25.3 Å². The number of rotatable bonds is 13. The first-order valence-electron chi connectivity index (χ1n) is 16.5. The third-order valence-corrected chi connectivity index (χ3v) is 10.8. The molecule has 0 radical (unpaired) electrons. The average Bonchev–Trinajstić information content (AvgIpc) is 3.19. The van der Waals surface area contributed by atoms with Crippen molar-refractivity contribution in [3.05, 3.63) is 138 Å². The summed E-state index contributed by atoms with van der Waals surface area (Å²) in [6.07, 6.45) is 0. The van der Waals surface area contributed by atoms with Gasteiger partial charge in [0.15, 0.2) is 5.36 Å². The summed E-state index contributed by atoms with van der Waals surface area (Å²) >= 11 is 0. The molecule has 0 aromatic heterocycles. The Morgan fingerprint density at radius 2 is 1.17 bits per heavy atom. The number of hydrogen-bond acceptors (Lipinski definition) is 22. The second-order valence-electron chi connectivity index (χ2n) is 12.3. The Kier molecular flexibility index (Phi) is 18.2. The Bertz CT molecular complexity index is 3390. The number of nitro benzene ring substituents is 1. The summed E-state index contributed by atoms with van der Waals surface area (Å²) in [6, 6.07) is 17.7. The third kappa shape index (κ3) is 12.9. The molecule has 64 heavy (non-hydrogen) atoms. The minimum Gasteiger partial charge on any atom is -0.744 e. The molecule has 0 unspecified atom stereocenters. The predicted octanol–water partition coefficient (Wildman–Crippen LogP) is -6.20. The molecular formula is C35H23N8Na3O15S3. The molecule has 0 fully saturated rings. The van der Waals surface area contributed by atoms with Crippen LogP contribution < -0.4 is 131 Å². The number of methoxy groups -OCH3 is 1. The van der Waals surface area contributed by atoms with E-state index in [2.05, 4.69) is 36.6 Å². The number of ether oxygens (including phenoxy) is 1. The van der Waals surface area contributed by atoms with Gasteiger partial charge in [0.1, 0.15) is 52.9 Å². The van der Waals surface area contributed by atoms with Crippen molar-refractivity contribution in [2.45, 2.75) is 14.7 Å². The maximum absolute atomic E-state index is 13.6. The van der Waals surface area contributed by atoms with E-state index in [-0.39, 0.29) is 111 Å². The zero-order valence-electron chi connectivity index (χ0n) is 33.4. The average molecular weight is 961 g/mol. The molecule has 0 saturated heterocycles.